The number of carbonyl (C=O) groups is 1. The minimum atomic E-state index is 0.0511. The van der Waals surface area contributed by atoms with Gasteiger partial charge in [0.25, 0.3) is 0 Å². The van der Waals surface area contributed by atoms with Crippen molar-refractivity contribution in [2.45, 2.75) is 24.0 Å². The molecule has 0 fully saturated rings. The number of carbonyl (C=O) groups excluding carboxylic acids is 1. The van der Waals surface area contributed by atoms with Crippen LogP contribution in [0.15, 0.2) is 27.6 Å². The van der Waals surface area contributed by atoms with Crippen molar-refractivity contribution in [3.63, 3.8) is 0 Å². The van der Waals surface area contributed by atoms with Crippen LogP contribution in [0.25, 0.3) is 0 Å². The third-order valence-electron chi connectivity index (χ3n) is 1.91. The molecular weight excluding hydrogens is 276 g/mol. The van der Waals surface area contributed by atoms with Gasteiger partial charge >= 0.3 is 0 Å². The number of hydrogen-bond donors (Lipinski definition) is 1. The van der Waals surface area contributed by atoms with E-state index < -0.39 is 0 Å². The standard InChI is InChI=1S/C11H13BrO2S/c1-7(6-13)15-11-5-9(12)3-4-10(11)8(2)14/h3-5,7,13H,6H2,1-2H3. The van der Waals surface area contributed by atoms with Gasteiger partial charge < -0.3 is 5.11 Å². The van der Waals surface area contributed by atoms with Crippen LogP contribution in [0.4, 0.5) is 0 Å². The molecule has 0 heterocycles. The summed E-state index contributed by atoms with van der Waals surface area (Å²) in [6.45, 7) is 3.58. The molecule has 82 valence electrons. The number of ketones is 1. The summed E-state index contributed by atoms with van der Waals surface area (Å²) in [6, 6.07) is 5.57. The maximum Gasteiger partial charge on any atom is 0.160 e. The SMILES string of the molecule is CC(=O)c1ccc(Br)cc1SC(C)CO. The molecule has 1 aromatic rings. The van der Waals surface area contributed by atoms with Gasteiger partial charge in [-0.25, -0.2) is 0 Å². The molecule has 0 saturated heterocycles. The summed E-state index contributed by atoms with van der Waals surface area (Å²) in [4.78, 5) is 12.3. The van der Waals surface area contributed by atoms with Gasteiger partial charge in [-0.1, -0.05) is 22.9 Å². The lowest BCUT2D eigenvalue weighted by Crippen LogP contribution is -2.04. The van der Waals surface area contributed by atoms with E-state index in [2.05, 4.69) is 15.9 Å². The van der Waals surface area contributed by atoms with E-state index in [1.165, 1.54) is 11.8 Å². The Labute approximate surface area is 102 Å². The maximum atomic E-state index is 11.4. The molecule has 1 atom stereocenters. The van der Waals surface area contributed by atoms with Crippen molar-refractivity contribution in [2.75, 3.05) is 6.61 Å². The summed E-state index contributed by atoms with van der Waals surface area (Å²) in [5.41, 5.74) is 0.712. The average Bonchev–Trinajstić information content (AvgIpc) is 2.17. The van der Waals surface area contributed by atoms with Crippen LogP contribution in [-0.4, -0.2) is 22.7 Å². The van der Waals surface area contributed by atoms with Gasteiger partial charge in [0.05, 0.1) is 6.61 Å². The van der Waals surface area contributed by atoms with E-state index in [1.54, 1.807) is 13.0 Å². The van der Waals surface area contributed by atoms with Crippen LogP contribution in [0.1, 0.15) is 24.2 Å². The molecule has 1 unspecified atom stereocenters. The third-order valence-corrected chi connectivity index (χ3v) is 3.54. The highest BCUT2D eigenvalue weighted by Gasteiger charge is 2.11. The molecule has 0 aliphatic rings. The highest BCUT2D eigenvalue weighted by molar-refractivity contribution is 9.10. The fraction of sp³-hybridized carbons (Fsp3) is 0.364. The first-order valence-corrected chi connectivity index (χ1v) is 6.30. The Morgan fingerprint density at radius 1 is 1.60 bits per heavy atom. The minimum Gasteiger partial charge on any atom is -0.395 e. The number of rotatable bonds is 4. The first-order valence-electron chi connectivity index (χ1n) is 4.62. The van der Waals surface area contributed by atoms with Gasteiger partial charge in [0.15, 0.2) is 5.78 Å². The Morgan fingerprint density at radius 3 is 2.80 bits per heavy atom. The van der Waals surface area contributed by atoms with Crippen LogP contribution in [0.5, 0.6) is 0 Å². The smallest absolute Gasteiger partial charge is 0.160 e. The van der Waals surface area contributed by atoms with Gasteiger partial charge in [0.1, 0.15) is 0 Å². The predicted molar refractivity (Wildman–Crippen MR) is 66.6 cm³/mol. The van der Waals surface area contributed by atoms with Crippen molar-refractivity contribution in [3.8, 4) is 0 Å². The van der Waals surface area contributed by atoms with Crippen LogP contribution >= 0.6 is 27.7 Å². The molecule has 1 aromatic carbocycles. The molecule has 2 nitrogen and oxygen atoms in total. The molecule has 0 saturated carbocycles. The number of Topliss-reactive ketones (excluding diaryl/α,β-unsaturated/α-hetero) is 1. The number of halogens is 1. The first kappa shape index (κ1) is 12.7. The van der Waals surface area contributed by atoms with Crippen molar-refractivity contribution in [2.24, 2.45) is 0 Å². The summed E-state index contributed by atoms with van der Waals surface area (Å²) >= 11 is 4.88. The molecule has 1 N–H and O–H groups in total. The molecule has 0 aliphatic carbocycles. The van der Waals surface area contributed by atoms with Crippen LogP contribution in [0.3, 0.4) is 0 Å². The van der Waals surface area contributed by atoms with E-state index in [4.69, 9.17) is 5.11 Å². The maximum absolute atomic E-state index is 11.4. The van der Waals surface area contributed by atoms with E-state index >= 15 is 0 Å². The second-order valence-electron chi connectivity index (χ2n) is 3.31. The van der Waals surface area contributed by atoms with Gasteiger partial charge in [-0.2, -0.15) is 0 Å². The highest BCUT2D eigenvalue weighted by Crippen LogP contribution is 2.29. The van der Waals surface area contributed by atoms with E-state index in [0.29, 0.717) is 5.56 Å². The number of benzene rings is 1. The van der Waals surface area contributed by atoms with Gasteiger partial charge in [-0.15, -0.1) is 11.8 Å². The van der Waals surface area contributed by atoms with Gasteiger partial charge in [-0.05, 0) is 25.1 Å². The largest absolute Gasteiger partial charge is 0.395 e. The van der Waals surface area contributed by atoms with E-state index in [-0.39, 0.29) is 17.6 Å². The Bertz CT molecular complexity index is 366. The zero-order valence-electron chi connectivity index (χ0n) is 8.66. The molecule has 0 bridgehead atoms. The number of hydrogen-bond acceptors (Lipinski definition) is 3. The Hall–Kier alpha value is -0.320. The second kappa shape index (κ2) is 5.68. The number of aliphatic hydroxyl groups excluding tert-OH is 1. The van der Waals surface area contributed by atoms with Crippen molar-refractivity contribution in [1.82, 2.24) is 0 Å². The first-order chi connectivity index (χ1) is 7.04. The average molecular weight is 289 g/mol. The number of thioether (sulfide) groups is 1. The van der Waals surface area contributed by atoms with Crippen LogP contribution in [0, 0.1) is 0 Å². The predicted octanol–water partition coefficient (Wildman–Crippen LogP) is 3.12. The second-order valence-corrected chi connectivity index (χ2v) is 5.70. The lowest BCUT2D eigenvalue weighted by atomic mass is 10.1. The number of aliphatic hydroxyl groups is 1. The molecule has 4 heteroatoms. The zero-order chi connectivity index (χ0) is 11.4. The van der Waals surface area contributed by atoms with Gasteiger partial charge in [0, 0.05) is 20.2 Å². The normalized spacial score (nSPS) is 12.5. The highest BCUT2D eigenvalue weighted by atomic mass is 79.9. The van der Waals surface area contributed by atoms with Crippen molar-refractivity contribution >= 4 is 33.5 Å². The van der Waals surface area contributed by atoms with Crippen molar-refractivity contribution in [3.05, 3.63) is 28.2 Å². The molecule has 1 rings (SSSR count). The summed E-state index contributed by atoms with van der Waals surface area (Å²) in [5, 5.41) is 9.07. The van der Waals surface area contributed by atoms with Crippen molar-refractivity contribution < 1.29 is 9.90 Å². The Kier molecular flexibility index (Phi) is 4.83. The van der Waals surface area contributed by atoms with Crippen LogP contribution in [-0.2, 0) is 0 Å². The minimum absolute atomic E-state index is 0.0511. The topological polar surface area (TPSA) is 37.3 Å². The Balaban J connectivity index is 3.02. The lowest BCUT2D eigenvalue weighted by molar-refractivity contribution is 0.101. The van der Waals surface area contributed by atoms with E-state index in [1.807, 2.05) is 19.1 Å². The van der Waals surface area contributed by atoms with Gasteiger partial charge in [0.2, 0.25) is 0 Å². The molecular formula is C11H13BrO2S. The molecule has 0 spiro atoms. The van der Waals surface area contributed by atoms with Crippen molar-refractivity contribution in [1.29, 1.82) is 0 Å². The monoisotopic (exact) mass is 288 g/mol. The summed E-state index contributed by atoms with van der Waals surface area (Å²) in [5.74, 6) is 0.0511. The summed E-state index contributed by atoms with van der Waals surface area (Å²) in [7, 11) is 0. The van der Waals surface area contributed by atoms with Crippen LogP contribution < -0.4 is 0 Å². The van der Waals surface area contributed by atoms with Crippen LogP contribution in [0.2, 0.25) is 0 Å². The fourth-order valence-electron chi connectivity index (χ4n) is 1.14. The lowest BCUT2D eigenvalue weighted by Gasteiger charge is -2.11. The van der Waals surface area contributed by atoms with Gasteiger partial charge in [-0.3, -0.25) is 4.79 Å². The third kappa shape index (κ3) is 3.63. The fourth-order valence-corrected chi connectivity index (χ4v) is 2.69. The molecule has 0 aliphatic heterocycles. The summed E-state index contributed by atoms with van der Waals surface area (Å²) < 4.78 is 0.945. The zero-order valence-corrected chi connectivity index (χ0v) is 11.1. The summed E-state index contributed by atoms with van der Waals surface area (Å²) in [6.07, 6.45) is 0. The Morgan fingerprint density at radius 2 is 2.27 bits per heavy atom. The molecule has 15 heavy (non-hydrogen) atoms. The van der Waals surface area contributed by atoms with E-state index in [9.17, 15) is 4.79 Å². The molecule has 0 radical (unpaired) electrons. The quantitative estimate of drug-likeness (QED) is 0.683. The molecule has 0 amide bonds. The molecule has 0 aromatic heterocycles. The van der Waals surface area contributed by atoms with E-state index in [0.717, 1.165) is 9.37 Å².